The molecule has 94 valence electrons. The first kappa shape index (κ1) is 13.4. The second-order valence-electron chi connectivity index (χ2n) is 3.25. The van der Waals surface area contributed by atoms with Gasteiger partial charge in [-0.2, -0.15) is 8.78 Å². The minimum absolute atomic E-state index is 0.0779. The zero-order chi connectivity index (χ0) is 12.9. The fraction of sp³-hybridized carbons (Fsp3) is 0.417. The van der Waals surface area contributed by atoms with Gasteiger partial charge >= 0.3 is 11.9 Å². The van der Waals surface area contributed by atoms with Crippen LogP contribution in [0, 0.1) is 0 Å². The fourth-order valence-electron chi connectivity index (χ4n) is 1.27. The highest BCUT2D eigenvalue weighted by Gasteiger charge is 2.42. The van der Waals surface area contributed by atoms with Gasteiger partial charge in [0.05, 0.1) is 13.2 Å². The zero-order valence-electron chi connectivity index (χ0n) is 9.70. The van der Waals surface area contributed by atoms with Crippen LogP contribution in [0.1, 0.15) is 19.4 Å². The van der Waals surface area contributed by atoms with Gasteiger partial charge in [-0.05, 0) is 38.1 Å². The standard InChI is InChI=1S/C12H14F2O3/c1-3-16-10-7-5-9(6-8-10)12(13,14)11(15)17-4-2/h5-8H,3-4H2,1-2H3. The summed E-state index contributed by atoms with van der Waals surface area (Å²) in [7, 11) is 0. The van der Waals surface area contributed by atoms with Crippen molar-refractivity contribution in [3.05, 3.63) is 29.8 Å². The van der Waals surface area contributed by atoms with Gasteiger partial charge in [-0.1, -0.05) is 0 Å². The van der Waals surface area contributed by atoms with E-state index in [2.05, 4.69) is 4.74 Å². The summed E-state index contributed by atoms with van der Waals surface area (Å²) in [4.78, 5) is 11.1. The summed E-state index contributed by atoms with van der Waals surface area (Å²) in [5.41, 5.74) is -0.403. The molecule has 17 heavy (non-hydrogen) atoms. The van der Waals surface area contributed by atoms with Crippen LogP contribution in [-0.4, -0.2) is 19.2 Å². The van der Waals surface area contributed by atoms with E-state index in [0.717, 1.165) is 12.1 Å². The minimum Gasteiger partial charge on any atom is -0.494 e. The van der Waals surface area contributed by atoms with Gasteiger partial charge in [0.15, 0.2) is 0 Å². The third kappa shape index (κ3) is 3.15. The number of ether oxygens (including phenoxy) is 2. The Morgan fingerprint density at radius 3 is 2.24 bits per heavy atom. The van der Waals surface area contributed by atoms with E-state index in [4.69, 9.17) is 4.74 Å². The smallest absolute Gasteiger partial charge is 0.381 e. The van der Waals surface area contributed by atoms with Crippen LogP contribution in [0.5, 0.6) is 5.75 Å². The zero-order valence-corrected chi connectivity index (χ0v) is 9.70. The lowest BCUT2D eigenvalue weighted by atomic mass is 10.1. The van der Waals surface area contributed by atoms with Crippen molar-refractivity contribution in [3.8, 4) is 5.75 Å². The van der Waals surface area contributed by atoms with Gasteiger partial charge in [0.1, 0.15) is 5.75 Å². The molecule has 3 nitrogen and oxygen atoms in total. The molecule has 1 rings (SSSR count). The van der Waals surface area contributed by atoms with E-state index in [9.17, 15) is 13.6 Å². The fourth-order valence-corrected chi connectivity index (χ4v) is 1.27. The highest BCUT2D eigenvalue weighted by molar-refractivity contribution is 5.79. The van der Waals surface area contributed by atoms with E-state index in [0.29, 0.717) is 12.4 Å². The van der Waals surface area contributed by atoms with Crippen LogP contribution < -0.4 is 4.74 Å². The number of carbonyl (C=O) groups excluding carboxylic acids is 1. The largest absolute Gasteiger partial charge is 0.494 e. The molecule has 0 unspecified atom stereocenters. The molecule has 0 spiro atoms. The average molecular weight is 244 g/mol. The quantitative estimate of drug-likeness (QED) is 0.747. The molecule has 1 aromatic carbocycles. The molecular formula is C12H14F2O3. The van der Waals surface area contributed by atoms with Crippen molar-refractivity contribution in [2.75, 3.05) is 13.2 Å². The number of esters is 1. The Labute approximate surface area is 98.3 Å². The summed E-state index contributed by atoms with van der Waals surface area (Å²) in [5.74, 6) is -4.68. The maximum Gasteiger partial charge on any atom is 0.381 e. The van der Waals surface area contributed by atoms with Gasteiger partial charge in [0, 0.05) is 5.56 Å². The second-order valence-corrected chi connectivity index (χ2v) is 3.25. The van der Waals surface area contributed by atoms with E-state index < -0.39 is 17.5 Å². The predicted molar refractivity (Wildman–Crippen MR) is 58.1 cm³/mol. The number of hydrogen-bond acceptors (Lipinski definition) is 3. The molecule has 0 aromatic heterocycles. The second kappa shape index (κ2) is 5.61. The summed E-state index contributed by atoms with van der Waals surface area (Å²) in [6.45, 7) is 3.65. The Balaban J connectivity index is 2.87. The molecule has 0 N–H and O–H groups in total. The Bertz CT molecular complexity index is 374. The lowest BCUT2D eigenvalue weighted by Crippen LogP contribution is -2.28. The molecule has 0 saturated heterocycles. The molecule has 0 amide bonds. The van der Waals surface area contributed by atoms with Crippen LogP contribution in [0.2, 0.25) is 0 Å². The van der Waals surface area contributed by atoms with Crippen LogP contribution in [-0.2, 0) is 15.5 Å². The number of rotatable bonds is 5. The SMILES string of the molecule is CCOC(=O)C(F)(F)c1ccc(OCC)cc1. The summed E-state index contributed by atoms with van der Waals surface area (Å²) in [6.07, 6.45) is 0. The number of carbonyl (C=O) groups is 1. The molecule has 0 fully saturated rings. The molecule has 0 bridgehead atoms. The third-order valence-corrected chi connectivity index (χ3v) is 2.06. The van der Waals surface area contributed by atoms with Crippen molar-refractivity contribution in [3.63, 3.8) is 0 Å². The molecule has 0 atom stereocenters. The van der Waals surface area contributed by atoms with Crippen molar-refractivity contribution < 1.29 is 23.0 Å². The Kier molecular flexibility index (Phi) is 4.43. The van der Waals surface area contributed by atoms with E-state index in [-0.39, 0.29) is 6.61 Å². The van der Waals surface area contributed by atoms with Crippen molar-refractivity contribution in [1.29, 1.82) is 0 Å². The average Bonchev–Trinajstić information content (AvgIpc) is 2.30. The molecule has 0 aliphatic carbocycles. The first-order valence-corrected chi connectivity index (χ1v) is 5.30. The molecule has 0 radical (unpaired) electrons. The summed E-state index contributed by atoms with van der Waals surface area (Å²) >= 11 is 0. The van der Waals surface area contributed by atoms with E-state index in [1.807, 2.05) is 0 Å². The van der Waals surface area contributed by atoms with Gasteiger partial charge in [-0.25, -0.2) is 4.79 Å². The predicted octanol–water partition coefficient (Wildman–Crippen LogP) is 2.74. The minimum atomic E-state index is -3.62. The van der Waals surface area contributed by atoms with Crippen molar-refractivity contribution in [2.45, 2.75) is 19.8 Å². The van der Waals surface area contributed by atoms with Crippen LogP contribution >= 0.6 is 0 Å². The Morgan fingerprint density at radius 2 is 1.76 bits per heavy atom. The van der Waals surface area contributed by atoms with Crippen molar-refractivity contribution in [1.82, 2.24) is 0 Å². The topological polar surface area (TPSA) is 35.5 Å². The monoisotopic (exact) mass is 244 g/mol. The van der Waals surface area contributed by atoms with Gasteiger partial charge < -0.3 is 9.47 Å². The molecule has 0 saturated carbocycles. The third-order valence-electron chi connectivity index (χ3n) is 2.06. The normalized spacial score (nSPS) is 11.1. The highest BCUT2D eigenvalue weighted by Crippen LogP contribution is 2.30. The van der Waals surface area contributed by atoms with Crippen molar-refractivity contribution in [2.24, 2.45) is 0 Å². The van der Waals surface area contributed by atoms with Gasteiger partial charge in [-0.3, -0.25) is 0 Å². The maximum absolute atomic E-state index is 13.5. The molecule has 0 heterocycles. The van der Waals surface area contributed by atoms with Crippen LogP contribution in [0.25, 0.3) is 0 Å². The van der Waals surface area contributed by atoms with Crippen LogP contribution in [0.3, 0.4) is 0 Å². The number of hydrogen-bond donors (Lipinski definition) is 0. The molecule has 5 heteroatoms. The first-order chi connectivity index (χ1) is 8.02. The van der Waals surface area contributed by atoms with Crippen LogP contribution in [0.4, 0.5) is 8.78 Å². The molecule has 0 aliphatic heterocycles. The lowest BCUT2D eigenvalue weighted by Gasteiger charge is -2.15. The Hall–Kier alpha value is -1.65. The number of benzene rings is 1. The molecule has 1 aromatic rings. The van der Waals surface area contributed by atoms with E-state index in [1.165, 1.54) is 19.1 Å². The van der Waals surface area contributed by atoms with Crippen LogP contribution in [0.15, 0.2) is 24.3 Å². The number of alkyl halides is 2. The van der Waals surface area contributed by atoms with Gasteiger partial charge in [-0.15, -0.1) is 0 Å². The summed E-state index contributed by atoms with van der Waals surface area (Å²) in [6, 6.07) is 5.10. The van der Waals surface area contributed by atoms with E-state index in [1.54, 1.807) is 6.92 Å². The number of halogens is 2. The summed E-state index contributed by atoms with van der Waals surface area (Å²) in [5, 5.41) is 0. The van der Waals surface area contributed by atoms with Gasteiger partial charge in [0.25, 0.3) is 0 Å². The molecular weight excluding hydrogens is 230 g/mol. The first-order valence-electron chi connectivity index (χ1n) is 5.30. The summed E-state index contributed by atoms with van der Waals surface area (Å²) < 4.78 is 36.5. The van der Waals surface area contributed by atoms with Crippen molar-refractivity contribution >= 4 is 5.97 Å². The van der Waals surface area contributed by atoms with Gasteiger partial charge in [0.2, 0.25) is 0 Å². The molecule has 0 aliphatic rings. The Morgan fingerprint density at radius 1 is 1.18 bits per heavy atom. The van der Waals surface area contributed by atoms with E-state index >= 15 is 0 Å². The maximum atomic E-state index is 13.5. The highest BCUT2D eigenvalue weighted by atomic mass is 19.3. The lowest BCUT2D eigenvalue weighted by molar-refractivity contribution is -0.173.